The maximum Gasteiger partial charge on any atom is 0.251 e. The SMILES string of the molecule is CC(C)(C)NC(=O)c1cccc(NCc2cocn2)c1. The van der Waals surface area contributed by atoms with Crippen molar-refractivity contribution in [1.29, 1.82) is 0 Å². The van der Waals surface area contributed by atoms with Gasteiger partial charge in [-0.3, -0.25) is 4.79 Å². The van der Waals surface area contributed by atoms with Crippen molar-refractivity contribution in [3.63, 3.8) is 0 Å². The summed E-state index contributed by atoms with van der Waals surface area (Å²) < 4.78 is 4.90. The Labute approximate surface area is 118 Å². The molecule has 0 fully saturated rings. The Morgan fingerprint density at radius 3 is 2.80 bits per heavy atom. The van der Waals surface area contributed by atoms with Crippen LogP contribution in [0.3, 0.4) is 0 Å². The zero-order valence-electron chi connectivity index (χ0n) is 11.9. The zero-order valence-corrected chi connectivity index (χ0v) is 11.9. The van der Waals surface area contributed by atoms with Crippen LogP contribution in [0.25, 0.3) is 0 Å². The van der Waals surface area contributed by atoms with Crippen LogP contribution in [0.1, 0.15) is 36.8 Å². The predicted molar refractivity (Wildman–Crippen MR) is 77.5 cm³/mol. The van der Waals surface area contributed by atoms with Crippen LogP contribution >= 0.6 is 0 Å². The summed E-state index contributed by atoms with van der Waals surface area (Å²) in [5.41, 5.74) is 2.07. The molecular formula is C15H19N3O2. The Balaban J connectivity index is 2.02. The monoisotopic (exact) mass is 273 g/mol. The molecule has 0 aliphatic carbocycles. The van der Waals surface area contributed by atoms with Gasteiger partial charge in [0.15, 0.2) is 6.39 Å². The molecule has 0 aliphatic heterocycles. The van der Waals surface area contributed by atoms with E-state index in [2.05, 4.69) is 15.6 Å². The van der Waals surface area contributed by atoms with E-state index >= 15 is 0 Å². The second kappa shape index (κ2) is 5.77. The smallest absolute Gasteiger partial charge is 0.251 e. The van der Waals surface area contributed by atoms with E-state index < -0.39 is 0 Å². The first-order valence-electron chi connectivity index (χ1n) is 6.47. The second-order valence-corrected chi connectivity index (χ2v) is 5.62. The highest BCUT2D eigenvalue weighted by Crippen LogP contribution is 2.13. The zero-order chi connectivity index (χ0) is 14.6. The number of benzene rings is 1. The van der Waals surface area contributed by atoms with Gasteiger partial charge in [-0.15, -0.1) is 0 Å². The number of rotatable bonds is 4. The van der Waals surface area contributed by atoms with E-state index in [1.165, 1.54) is 6.39 Å². The minimum absolute atomic E-state index is 0.0809. The number of nitrogens with zero attached hydrogens (tertiary/aromatic N) is 1. The van der Waals surface area contributed by atoms with E-state index in [9.17, 15) is 4.79 Å². The van der Waals surface area contributed by atoms with Gasteiger partial charge >= 0.3 is 0 Å². The van der Waals surface area contributed by atoms with Crippen LogP contribution in [-0.4, -0.2) is 16.4 Å². The third-order valence-corrected chi connectivity index (χ3v) is 2.57. The van der Waals surface area contributed by atoms with Gasteiger partial charge in [-0.05, 0) is 39.0 Å². The van der Waals surface area contributed by atoms with Gasteiger partial charge in [0, 0.05) is 16.8 Å². The normalized spacial score (nSPS) is 11.2. The number of hydrogen-bond acceptors (Lipinski definition) is 4. The van der Waals surface area contributed by atoms with Gasteiger partial charge in [0.05, 0.1) is 12.2 Å². The molecule has 1 aromatic heterocycles. The van der Waals surface area contributed by atoms with Gasteiger partial charge in [0.2, 0.25) is 0 Å². The number of anilines is 1. The maximum absolute atomic E-state index is 12.1. The van der Waals surface area contributed by atoms with Crippen molar-refractivity contribution < 1.29 is 9.21 Å². The number of carbonyl (C=O) groups excluding carboxylic acids is 1. The van der Waals surface area contributed by atoms with Crippen LogP contribution in [0.2, 0.25) is 0 Å². The van der Waals surface area contributed by atoms with Gasteiger partial charge in [-0.2, -0.15) is 0 Å². The lowest BCUT2D eigenvalue weighted by molar-refractivity contribution is 0.0919. The Hall–Kier alpha value is -2.30. The molecule has 0 spiro atoms. The number of aromatic nitrogens is 1. The summed E-state index contributed by atoms with van der Waals surface area (Å²) in [5.74, 6) is -0.0809. The summed E-state index contributed by atoms with van der Waals surface area (Å²) in [6.45, 7) is 6.42. The van der Waals surface area contributed by atoms with Crippen molar-refractivity contribution in [2.24, 2.45) is 0 Å². The highest BCUT2D eigenvalue weighted by atomic mass is 16.3. The molecule has 1 aromatic carbocycles. The first-order chi connectivity index (χ1) is 9.44. The lowest BCUT2D eigenvalue weighted by Crippen LogP contribution is -2.40. The minimum Gasteiger partial charge on any atom is -0.451 e. The molecule has 1 heterocycles. The molecule has 0 bridgehead atoms. The van der Waals surface area contributed by atoms with Gasteiger partial charge in [-0.25, -0.2) is 4.98 Å². The fourth-order valence-electron chi connectivity index (χ4n) is 1.70. The fraction of sp³-hybridized carbons (Fsp3) is 0.333. The molecule has 1 amide bonds. The Bertz CT molecular complexity index is 571. The molecule has 106 valence electrons. The van der Waals surface area contributed by atoms with Gasteiger partial charge in [-0.1, -0.05) is 6.07 Å². The molecular weight excluding hydrogens is 254 g/mol. The molecule has 0 aliphatic rings. The molecule has 20 heavy (non-hydrogen) atoms. The van der Waals surface area contributed by atoms with Crippen molar-refractivity contribution in [2.75, 3.05) is 5.32 Å². The summed E-state index contributed by atoms with van der Waals surface area (Å²) in [4.78, 5) is 16.1. The maximum atomic E-state index is 12.1. The number of carbonyl (C=O) groups is 1. The van der Waals surface area contributed by atoms with Crippen molar-refractivity contribution in [3.8, 4) is 0 Å². The molecule has 2 N–H and O–H groups in total. The average Bonchev–Trinajstić information content (AvgIpc) is 2.88. The largest absolute Gasteiger partial charge is 0.451 e. The van der Waals surface area contributed by atoms with Crippen LogP contribution in [0.4, 0.5) is 5.69 Å². The number of oxazole rings is 1. The average molecular weight is 273 g/mol. The number of nitrogens with one attached hydrogen (secondary N) is 2. The molecule has 0 unspecified atom stereocenters. The Morgan fingerprint density at radius 1 is 1.35 bits per heavy atom. The van der Waals surface area contributed by atoms with Crippen LogP contribution in [0.5, 0.6) is 0 Å². The van der Waals surface area contributed by atoms with E-state index in [-0.39, 0.29) is 11.4 Å². The molecule has 0 saturated heterocycles. The summed E-state index contributed by atoms with van der Waals surface area (Å²) >= 11 is 0. The summed E-state index contributed by atoms with van der Waals surface area (Å²) in [6.07, 6.45) is 2.98. The number of hydrogen-bond donors (Lipinski definition) is 2. The fourth-order valence-corrected chi connectivity index (χ4v) is 1.70. The van der Waals surface area contributed by atoms with E-state index in [0.717, 1.165) is 11.4 Å². The summed E-state index contributed by atoms with van der Waals surface area (Å²) in [5, 5.41) is 6.14. The third kappa shape index (κ3) is 4.12. The summed E-state index contributed by atoms with van der Waals surface area (Å²) in [7, 11) is 0. The van der Waals surface area contributed by atoms with E-state index in [4.69, 9.17) is 4.42 Å². The quantitative estimate of drug-likeness (QED) is 0.899. The minimum atomic E-state index is -0.249. The van der Waals surface area contributed by atoms with E-state index in [1.807, 2.05) is 39.0 Å². The van der Waals surface area contributed by atoms with Gasteiger partial charge in [0.1, 0.15) is 6.26 Å². The molecule has 0 atom stereocenters. The summed E-state index contributed by atoms with van der Waals surface area (Å²) in [6, 6.07) is 7.38. The third-order valence-electron chi connectivity index (χ3n) is 2.57. The van der Waals surface area contributed by atoms with Gasteiger partial charge < -0.3 is 15.1 Å². The first-order valence-corrected chi connectivity index (χ1v) is 6.47. The topological polar surface area (TPSA) is 67.2 Å². The molecule has 5 heteroatoms. The van der Waals surface area contributed by atoms with Gasteiger partial charge in [0.25, 0.3) is 5.91 Å². The highest BCUT2D eigenvalue weighted by Gasteiger charge is 2.15. The molecule has 2 aromatic rings. The Morgan fingerprint density at radius 2 is 2.15 bits per heavy atom. The van der Waals surface area contributed by atoms with Crippen molar-refractivity contribution in [1.82, 2.24) is 10.3 Å². The first kappa shape index (κ1) is 14.1. The lowest BCUT2D eigenvalue weighted by atomic mass is 10.1. The lowest BCUT2D eigenvalue weighted by Gasteiger charge is -2.20. The molecule has 5 nitrogen and oxygen atoms in total. The van der Waals surface area contributed by atoms with E-state index in [0.29, 0.717) is 12.1 Å². The molecule has 0 saturated carbocycles. The molecule has 0 radical (unpaired) electrons. The van der Waals surface area contributed by atoms with E-state index in [1.54, 1.807) is 12.3 Å². The number of amides is 1. The van der Waals surface area contributed by atoms with Crippen LogP contribution in [-0.2, 0) is 6.54 Å². The van der Waals surface area contributed by atoms with Crippen LogP contribution in [0, 0.1) is 0 Å². The van der Waals surface area contributed by atoms with Crippen LogP contribution in [0.15, 0.2) is 41.3 Å². The predicted octanol–water partition coefficient (Wildman–Crippen LogP) is 2.82. The van der Waals surface area contributed by atoms with Crippen LogP contribution < -0.4 is 10.6 Å². The Kier molecular flexibility index (Phi) is 4.08. The molecule has 2 rings (SSSR count). The van der Waals surface area contributed by atoms with Crippen molar-refractivity contribution >= 4 is 11.6 Å². The van der Waals surface area contributed by atoms with Crippen molar-refractivity contribution in [3.05, 3.63) is 48.2 Å². The second-order valence-electron chi connectivity index (χ2n) is 5.62. The van der Waals surface area contributed by atoms with Crippen molar-refractivity contribution in [2.45, 2.75) is 32.9 Å². The highest BCUT2D eigenvalue weighted by molar-refractivity contribution is 5.95. The standard InChI is InChI=1S/C15H19N3O2/c1-15(2,3)18-14(19)11-5-4-6-12(7-11)16-8-13-9-20-10-17-13/h4-7,9-10,16H,8H2,1-3H3,(H,18,19).